The Kier molecular flexibility index (Phi) is 8.16. The number of anilines is 1. The van der Waals surface area contributed by atoms with E-state index in [4.69, 9.17) is 9.84 Å². The summed E-state index contributed by atoms with van der Waals surface area (Å²) in [5, 5.41) is 8.94. The molecule has 0 radical (unpaired) electrons. The zero-order valence-corrected chi connectivity index (χ0v) is 25.1. The molecule has 1 aromatic heterocycles. The van der Waals surface area contributed by atoms with Gasteiger partial charge in [-0.2, -0.15) is 5.10 Å². The minimum absolute atomic E-state index is 0.0790. The zero-order valence-electron chi connectivity index (χ0n) is 24.1. The Morgan fingerprint density at radius 3 is 2.48 bits per heavy atom. The van der Waals surface area contributed by atoms with Gasteiger partial charge in [-0.3, -0.25) is 4.79 Å². The van der Waals surface area contributed by atoms with Crippen molar-refractivity contribution in [3.05, 3.63) is 94.7 Å². The Bertz CT molecular complexity index is 1580. The van der Waals surface area contributed by atoms with Crippen molar-refractivity contribution in [2.75, 3.05) is 26.0 Å². The minimum Gasteiger partial charge on any atom is -0.360 e. The molecule has 0 bridgehead atoms. The third-order valence-corrected chi connectivity index (χ3v) is 8.65. The monoisotopic (exact) mass is 550 g/mol. The molecule has 7 heteroatoms. The van der Waals surface area contributed by atoms with E-state index in [0.29, 0.717) is 12.3 Å². The molecule has 40 heavy (non-hydrogen) atoms. The lowest BCUT2D eigenvalue weighted by atomic mass is 10.0. The van der Waals surface area contributed by atoms with Crippen LogP contribution in [0.1, 0.15) is 27.9 Å². The summed E-state index contributed by atoms with van der Waals surface area (Å²) in [5.74, 6) is -0.0790. The van der Waals surface area contributed by atoms with Crippen molar-refractivity contribution in [2.45, 2.75) is 39.0 Å². The zero-order chi connectivity index (χ0) is 28.3. The predicted molar refractivity (Wildman–Crippen MR) is 170 cm³/mol. The van der Waals surface area contributed by atoms with Gasteiger partial charge in [-0.05, 0) is 67.2 Å². The molecule has 5 rings (SSSR count). The van der Waals surface area contributed by atoms with Gasteiger partial charge in [0.15, 0.2) is 0 Å². The fourth-order valence-corrected chi connectivity index (χ4v) is 5.54. The van der Waals surface area contributed by atoms with Crippen molar-refractivity contribution in [1.29, 1.82) is 0 Å². The van der Waals surface area contributed by atoms with Crippen LogP contribution in [0.3, 0.4) is 0 Å². The molecule has 0 saturated heterocycles. The van der Waals surface area contributed by atoms with Gasteiger partial charge in [0.05, 0.1) is 11.2 Å². The number of rotatable bonds is 10. The molecule has 1 aliphatic rings. The van der Waals surface area contributed by atoms with Crippen LogP contribution in [0.25, 0.3) is 34.7 Å². The molecule has 1 amide bonds. The molecule has 0 spiro atoms. The molecule has 0 fully saturated rings. The number of hydrogen-bond acceptors (Lipinski definition) is 4. The SMILES string of the molecule is CN(C)Cc1ccc(C=Cc2nn(COCC[Si](C)(C)C)c3cc(C=C4C(=O)Nc5ccccc54)ccc23)cc1. The van der Waals surface area contributed by atoms with Gasteiger partial charge in [0.25, 0.3) is 5.91 Å². The number of amides is 1. The second-order valence-electron chi connectivity index (χ2n) is 11.9. The van der Waals surface area contributed by atoms with Crippen LogP contribution in [0.15, 0.2) is 66.7 Å². The molecular formula is C33H38N4O2Si. The first-order valence-corrected chi connectivity index (χ1v) is 17.5. The summed E-state index contributed by atoms with van der Waals surface area (Å²) in [6, 6.07) is 23.8. The average Bonchev–Trinajstić information content (AvgIpc) is 3.41. The average molecular weight is 551 g/mol. The van der Waals surface area contributed by atoms with Crippen molar-refractivity contribution in [2.24, 2.45) is 0 Å². The number of carbonyl (C=O) groups is 1. The number of para-hydroxylation sites is 1. The summed E-state index contributed by atoms with van der Waals surface area (Å²) in [4.78, 5) is 14.9. The van der Waals surface area contributed by atoms with E-state index in [2.05, 4.69) is 98.6 Å². The molecule has 0 atom stereocenters. The van der Waals surface area contributed by atoms with Gasteiger partial charge < -0.3 is 15.0 Å². The number of ether oxygens (including phenoxy) is 1. The van der Waals surface area contributed by atoms with Crippen molar-refractivity contribution in [3.8, 4) is 0 Å². The third kappa shape index (κ3) is 6.67. The molecule has 206 valence electrons. The summed E-state index contributed by atoms with van der Waals surface area (Å²) in [6.45, 7) is 9.09. The summed E-state index contributed by atoms with van der Waals surface area (Å²) in [6.07, 6.45) is 6.13. The molecule has 0 saturated carbocycles. The molecule has 4 aromatic rings. The highest BCUT2D eigenvalue weighted by atomic mass is 28.3. The topological polar surface area (TPSA) is 59.4 Å². The van der Waals surface area contributed by atoms with Crippen LogP contribution in [0.4, 0.5) is 5.69 Å². The maximum Gasteiger partial charge on any atom is 0.256 e. The summed E-state index contributed by atoms with van der Waals surface area (Å²) >= 11 is 0. The highest BCUT2D eigenvalue weighted by Crippen LogP contribution is 2.33. The van der Waals surface area contributed by atoms with Crippen molar-refractivity contribution >= 4 is 54.4 Å². The second-order valence-corrected chi connectivity index (χ2v) is 17.5. The first kappa shape index (κ1) is 27.8. The third-order valence-electron chi connectivity index (χ3n) is 6.95. The fourth-order valence-electron chi connectivity index (χ4n) is 4.78. The van der Waals surface area contributed by atoms with Crippen LogP contribution in [-0.4, -0.2) is 49.4 Å². The van der Waals surface area contributed by atoms with Gasteiger partial charge >= 0.3 is 0 Å². The summed E-state index contributed by atoms with van der Waals surface area (Å²) in [7, 11) is 2.97. The number of benzene rings is 3. The van der Waals surface area contributed by atoms with E-state index >= 15 is 0 Å². The smallest absolute Gasteiger partial charge is 0.256 e. The van der Waals surface area contributed by atoms with E-state index in [1.165, 1.54) is 5.56 Å². The number of aromatic nitrogens is 2. The Labute approximate surface area is 238 Å². The number of nitrogens with zero attached hydrogens (tertiary/aromatic N) is 3. The lowest BCUT2D eigenvalue weighted by Crippen LogP contribution is -2.22. The van der Waals surface area contributed by atoms with Crippen LogP contribution < -0.4 is 5.32 Å². The van der Waals surface area contributed by atoms with Crippen LogP contribution in [0.5, 0.6) is 0 Å². The van der Waals surface area contributed by atoms with Crippen LogP contribution in [0.2, 0.25) is 25.7 Å². The Morgan fingerprint density at radius 2 is 1.73 bits per heavy atom. The maximum absolute atomic E-state index is 12.7. The van der Waals surface area contributed by atoms with Crippen LogP contribution in [0, 0.1) is 0 Å². The quantitative estimate of drug-likeness (QED) is 0.130. The molecule has 1 N–H and O–H groups in total. The normalized spacial score (nSPS) is 14.6. The van der Waals surface area contributed by atoms with E-state index in [1.807, 2.05) is 35.0 Å². The van der Waals surface area contributed by atoms with E-state index in [1.54, 1.807) is 0 Å². The van der Waals surface area contributed by atoms with E-state index in [-0.39, 0.29) is 5.91 Å². The van der Waals surface area contributed by atoms with Gasteiger partial charge in [-0.1, -0.05) is 74.2 Å². The number of fused-ring (bicyclic) bond motifs is 2. The Morgan fingerprint density at radius 1 is 0.975 bits per heavy atom. The first-order chi connectivity index (χ1) is 19.2. The minimum atomic E-state index is -1.19. The van der Waals surface area contributed by atoms with Gasteiger partial charge in [0.1, 0.15) is 6.73 Å². The largest absolute Gasteiger partial charge is 0.360 e. The molecule has 0 unspecified atom stereocenters. The van der Waals surface area contributed by atoms with Crippen molar-refractivity contribution in [3.63, 3.8) is 0 Å². The summed E-state index contributed by atoms with van der Waals surface area (Å²) in [5.41, 5.74) is 7.68. The van der Waals surface area contributed by atoms with Crippen LogP contribution >= 0.6 is 0 Å². The predicted octanol–water partition coefficient (Wildman–Crippen LogP) is 7.07. The first-order valence-electron chi connectivity index (χ1n) is 13.8. The molecule has 6 nitrogen and oxygen atoms in total. The molecular weight excluding hydrogens is 512 g/mol. The summed E-state index contributed by atoms with van der Waals surface area (Å²) < 4.78 is 8.02. The van der Waals surface area contributed by atoms with Gasteiger partial charge in [-0.15, -0.1) is 0 Å². The Balaban J connectivity index is 1.45. The lowest BCUT2D eigenvalue weighted by Gasteiger charge is -2.15. The molecule has 3 aromatic carbocycles. The van der Waals surface area contributed by atoms with Crippen molar-refractivity contribution in [1.82, 2.24) is 14.7 Å². The molecule has 0 aliphatic carbocycles. The highest BCUT2D eigenvalue weighted by molar-refractivity contribution is 6.76. The maximum atomic E-state index is 12.7. The van der Waals surface area contributed by atoms with E-state index in [9.17, 15) is 4.79 Å². The number of nitrogens with one attached hydrogen (secondary N) is 1. The van der Waals surface area contributed by atoms with Gasteiger partial charge in [0, 0.05) is 43.4 Å². The number of hydrogen-bond donors (Lipinski definition) is 1. The van der Waals surface area contributed by atoms with Gasteiger partial charge in [-0.25, -0.2) is 4.68 Å². The number of carbonyl (C=O) groups excluding carboxylic acids is 1. The fraction of sp³-hybridized carbons (Fsp3) is 0.273. The molecule has 1 aliphatic heterocycles. The lowest BCUT2D eigenvalue weighted by molar-refractivity contribution is -0.110. The van der Waals surface area contributed by atoms with Crippen LogP contribution in [-0.2, 0) is 22.8 Å². The highest BCUT2D eigenvalue weighted by Gasteiger charge is 2.23. The molecule has 2 heterocycles. The van der Waals surface area contributed by atoms with Gasteiger partial charge in [0.2, 0.25) is 0 Å². The van der Waals surface area contributed by atoms with E-state index < -0.39 is 8.07 Å². The second kappa shape index (κ2) is 11.8. The standard InChI is InChI=1S/C33H38N4O2Si/c1-36(2)22-25-12-10-24(11-13-25)15-17-31-28-16-14-26(20-29-27-8-6-7-9-30(27)34-33(29)38)21-32(28)37(35-31)23-39-18-19-40(3,4)5/h6-17,20-21H,18-19,22-23H2,1-5H3,(H,34,38). The Hall–Kier alpha value is -3.78. The van der Waals surface area contributed by atoms with E-state index in [0.717, 1.165) is 58.2 Å². The van der Waals surface area contributed by atoms with Crippen molar-refractivity contribution < 1.29 is 9.53 Å².